The molecule has 2 heterocycles. The van der Waals surface area contributed by atoms with Gasteiger partial charge in [0.15, 0.2) is 0 Å². The van der Waals surface area contributed by atoms with Crippen molar-refractivity contribution in [3.63, 3.8) is 0 Å². The molecule has 2 rings (SSSR count). The maximum atomic E-state index is 4.42. The Kier molecular flexibility index (Phi) is 2.42. The molecule has 0 fully saturated rings. The average molecular weight is 210 g/mol. The van der Waals surface area contributed by atoms with Crippen LogP contribution in [0.15, 0.2) is 11.6 Å². The molecular weight excluding hydrogens is 200 g/mol. The highest BCUT2D eigenvalue weighted by Crippen LogP contribution is 2.27. The van der Waals surface area contributed by atoms with Crippen LogP contribution in [0.25, 0.3) is 10.6 Å². The maximum Gasteiger partial charge on any atom is 0.0930 e. The second-order valence-electron chi connectivity index (χ2n) is 2.72. The van der Waals surface area contributed by atoms with Crippen molar-refractivity contribution in [3.05, 3.63) is 21.6 Å². The number of aromatic nitrogens is 2. The van der Waals surface area contributed by atoms with Crippen molar-refractivity contribution < 1.29 is 0 Å². The van der Waals surface area contributed by atoms with Crippen LogP contribution in [0.4, 0.5) is 0 Å². The molecule has 0 aliphatic carbocycles. The van der Waals surface area contributed by atoms with Crippen LogP contribution in [0.1, 0.15) is 16.9 Å². The molecule has 0 atom stereocenters. The molecule has 0 radical (unpaired) electrons. The van der Waals surface area contributed by atoms with Gasteiger partial charge in [0.25, 0.3) is 0 Å². The van der Waals surface area contributed by atoms with Crippen LogP contribution in [-0.2, 0) is 6.42 Å². The van der Waals surface area contributed by atoms with E-state index in [0.29, 0.717) is 0 Å². The summed E-state index contributed by atoms with van der Waals surface area (Å²) in [6, 6.07) is 0. The lowest BCUT2D eigenvalue weighted by Gasteiger charge is -1.85. The summed E-state index contributed by atoms with van der Waals surface area (Å²) in [5.41, 5.74) is 1.07. The average Bonchev–Trinajstić information content (AvgIpc) is 2.71. The summed E-state index contributed by atoms with van der Waals surface area (Å²) in [6.45, 7) is 4.14. The second kappa shape index (κ2) is 3.55. The molecule has 0 N–H and O–H groups in total. The summed E-state index contributed by atoms with van der Waals surface area (Å²) in [5.74, 6) is 0. The first-order valence-electron chi connectivity index (χ1n) is 4.17. The van der Waals surface area contributed by atoms with Gasteiger partial charge in [-0.2, -0.15) is 0 Å². The molecule has 0 saturated carbocycles. The minimum Gasteiger partial charge on any atom is -0.249 e. The first kappa shape index (κ1) is 8.84. The zero-order valence-electron chi connectivity index (χ0n) is 7.57. The van der Waals surface area contributed by atoms with Gasteiger partial charge in [-0.05, 0) is 13.3 Å². The van der Waals surface area contributed by atoms with Crippen LogP contribution in [0.5, 0.6) is 0 Å². The van der Waals surface area contributed by atoms with E-state index in [4.69, 9.17) is 0 Å². The maximum absolute atomic E-state index is 4.42. The van der Waals surface area contributed by atoms with Crippen molar-refractivity contribution in [2.24, 2.45) is 0 Å². The molecule has 0 spiro atoms. The molecule has 2 aromatic heterocycles. The van der Waals surface area contributed by atoms with Gasteiger partial charge < -0.3 is 0 Å². The molecule has 68 valence electrons. The second-order valence-corrected chi connectivity index (χ2v) is 4.90. The Morgan fingerprint density at radius 3 is 2.85 bits per heavy atom. The Bertz CT molecular complexity index is 403. The van der Waals surface area contributed by atoms with Crippen molar-refractivity contribution in [1.29, 1.82) is 0 Å². The zero-order chi connectivity index (χ0) is 9.26. The number of hydrogen-bond acceptors (Lipinski definition) is 4. The van der Waals surface area contributed by atoms with Gasteiger partial charge in [-0.3, -0.25) is 0 Å². The van der Waals surface area contributed by atoms with E-state index >= 15 is 0 Å². The van der Waals surface area contributed by atoms with Gasteiger partial charge in [0.2, 0.25) is 0 Å². The summed E-state index contributed by atoms with van der Waals surface area (Å²) in [6.07, 6.45) is 2.92. The molecule has 0 saturated heterocycles. The summed E-state index contributed by atoms with van der Waals surface area (Å²) in [4.78, 5) is 9.90. The molecule has 4 heteroatoms. The van der Waals surface area contributed by atoms with E-state index in [-0.39, 0.29) is 0 Å². The number of rotatable bonds is 2. The molecule has 0 aliphatic rings. The van der Waals surface area contributed by atoms with Crippen molar-refractivity contribution in [3.8, 4) is 10.6 Å². The van der Waals surface area contributed by atoms with Crippen LogP contribution in [-0.4, -0.2) is 9.97 Å². The minimum atomic E-state index is 1.01. The lowest BCUT2D eigenvalue weighted by Crippen LogP contribution is -1.70. The molecule has 0 aliphatic heterocycles. The van der Waals surface area contributed by atoms with E-state index < -0.39 is 0 Å². The monoisotopic (exact) mass is 210 g/mol. The Morgan fingerprint density at radius 1 is 1.46 bits per heavy atom. The molecule has 2 nitrogen and oxygen atoms in total. The van der Waals surface area contributed by atoms with Gasteiger partial charge in [0, 0.05) is 11.6 Å². The van der Waals surface area contributed by atoms with E-state index in [1.54, 1.807) is 22.7 Å². The molecule has 0 amide bonds. The van der Waals surface area contributed by atoms with E-state index in [0.717, 1.165) is 17.1 Å². The van der Waals surface area contributed by atoms with Gasteiger partial charge in [0.05, 0.1) is 20.6 Å². The molecule has 13 heavy (non-hydrogen) atoms. The van der Waals surface area contributed by atoms with E-state index in [9.17, 15) is 0 Å². The lowest BCUT2D eigenvalue weighted by molar-refractivity contribution is 1.09. The predicted octanol–water partition coefficient (Wildman–Crippen LogP) is 3.14. The predicted molar refractivity (Wildman–Crippen MR) is 57.3 cm³/mol. The summed E-state index contributed by atoms with van der Waals surface area (Å²) >= 11 is 3.42. The van der Waals surface area contributed by atoms with E-state index in [2.05, 4.69) is 22.3 Å². The van der Waals surface area contributed by atoms with Crippen molar-refractivity contribution in [2.45, 2.75) is 20.3 Å². The highest BCUT2D eigenvalue weighted by atomic mass is 32.1. The van der Waals surface area contributed by atoms with Crippen molar-refractivity contribution >= 4 is 22.7 Å². The Labute approximate surface area is 85.3 Å². The number of hydrogen-bond donors (Lipinski definition) is 0. The van der Waals surface area contributed by atoms with E-state index in [1.165, 1.54) is 9.88 Å². The van der Waals surface area contributed by atoms with Crippen LogP contribution < -0.4 is 0 Å². The number of aryl methyl sites for hydroxylation is 2. The Hall–Kier alpha value is -0.740. The minimum absolute atomic E-state index is 1.01. The standard InChI is InChI=1S/C9H10N2S2/c1-3-9-10-4-8(13-9)7-5-12-6(2)11-7/h4-5H,3H2,1-2H3. The number of nitrogens with zero attached hydrogens (tertiary/aromatic N) is 2. The highest BCUT2D eigenvalue weighted by Gasteiger charge is 2.05. The van der Waals surface area contributed by atoms with Crippen LogP contribution in [0.3, 0.4) is 0 Å². The normalized spacial score (nSPS) is 10.6. The topological polar surface area (TPSA) is 25.8 Å². The Balaban J connectivity index is 2.35. The van der Waals surface area contributed by atoms with Gasteiger partial charge in [-0.1, -0.05) is 6.92 Å². The largest absolute Gasteiger partial charge is 0.249 e. The quantitative estimate of drug-likeness (QED) is 0.761. The first-order chi connectivity index (χ1) is 6.29. The van der Waals surface area contributed by atoms with Gasteiger partial charge in [-0.25, -0.2) is 9.97 Å². The first-order valence-corrected chi connectivity index (χ1v) is 5.86. The SMILES string of the molecule is CCc1ncc(-c2csc(C)n2)s1. The Morgan fingerprint density at radius 2 is 2.31 bits per heavy atom. The molecular formula is C9H10N2S2. The molecule has 2 aromatic rings. The third-order valence-corrected chi connectivity index (χ3v) is 3.67. The smallest absolute Gasteiger partial charge is 0.0930 e. The van der Waals surface area contributed by atoms with Gasteiger partial charge in [-0.15, -0.1) is 22.7 Å². The molecule has 0 unspecified atom stereocenters. The van der Waals surface area contributed by atoms with Crippen molar-refractivity contribution in [2.75, 3.05) is 0 Å². The molecule has 0 aromatic carbocycles. The molecule has 0 bridgehead atoms. The lowest BCUT2D eigenvalue weighted by atomic mass is 10.4. The summed E-state index contributed by atoms with van der Waals surface area (Å²) in [7, 11) is 0. The summed E-state index contributed by atoms with van der Waals surface area (Å²) in [5, 5.41) is 4.38. The summed E-state index contributed by atoms with van der Waals surface area (Å²) < 4.78 is 0. The zero-order valence-corrected chi connectivity index (χ0v) is 9.21. The van der Waals surface area contributed by atoms with Crippen LogP contribution >= 0.6 is 22.7 Å². The van der Waals surface area contributed by atoms with Gasteiger partial charge in [0.1, 0.15) is 0 Å². The third-order valence-electron chi connectivity index (χ3n) is 1.73. The fourth-order valence-electron chi connectivity index (χ4n) is 1.07. The fraction of sp³-hybridized carbons (Fsp3) is 0.333. The van der Waals surface area contributed by atoms with E-state index in [1.807, 2.05) is 13.1 Å². The van der Waals surface area contributed by atoms with Crippen LogP contribution in [0, 0.1) is 6.92 Å². The third kappa shape index (κ3) is 1.78. The number of thiazole rings is 2. The highest BCUT2D eigenvalue weighted by molar-refractivity contribution is 7.15. The van der Waals surface area contributed by atoms with Gasteiger partial charge >= 0.3 is 0 Å². The van der Waals surface area contributed by atoms with Crippen molar-refractivity contribution in [1.82, 2.24) is 9.97 Å². The fourth-order valence-corrected chi connectivity index (χ4v) is 2.57. The van der Waals surface area contributed by atoms with Crippen LogP contribution in [0.2, 0.25) is 0 Å².